The van der Waals surface area contributed by atoms with Crippen molar-refractivity contribution in [3.8, 4) is 0 Å². The summed E-state index contributed by atoms with van der Waals surface area (Å²) in [5.41, 5.74) is 0.750. The van der Waals surface area contributed by atoms with Crippen LogP contribution in [0.3, 0.4) is 0 Å². The lowest BCUT2D eigenvalue weighted by Crippen LogP contribution is -2.41. The predicted molar refractivity (Wildman–Crippen MR) is 88.7 cm³/mol. The van der Waals surface area contributed by atoms with E-state index in [0.29, 0.717) is 10.9 Å². The summed E-state index contributed by atoms with van der Waals surface area (Å²) in [6.07, 6.45) is 0.978. The summed E-state index contributed by atoms with van der Waals surface area (Å²) in [6.45, 7) is 2.34. The van der Waals surface area contributed by atoms with E-state index in [1.807, 2.05) is 0 Å². The van der Waals surface area contributed by atoms with E-state index in [2.05, 4.69) is 10.2 Å². The minimum Gasteiger partial charge on any atom is -0.423 e. The summed E-state index contributed by atoms with van der Waals surface area (Å²) < 4.78 is 37.2. The SMILES string of the molecule is Cc1nnc(C2CN(S(=O)(=O)/C=C/c3ccc(Cl)cc3)CCO2)o1. The Hall–Kier alpha value is -1.74. The number of rotatable bonds is 4. The van der Waals surface area contributed by atoms with E-state index in [9.17, 15) is 8.42 Å². The van der Waals surface area contributed by atoms with E-state index < -0.39 is 16.1 Å². The van der Waals surface area contributed by atoms with E-state index in [1.54, 1.807) is 31.2 Å². The van der Waals surface area contributed by atoms with Crippen molar-refractivity contribution < 1.29 is 17.6 Å². The van der Waals surface area contributed by atoms with E-state index in [0.717, 1.165) is 5.56 Å². The summed E-state index contributed by atoms with van der Waals surface area (Å²) in [5.74, 6) is 0.699. The third-order valence-corrected chi connectivity index (χ3v) is 5.29. The van der Waals surface area contributed by atoms with Crippen LogP contribution in [-0.4, -0.2) is 42.6 Å². The van der Waals surface area contributed by atoms with Crippen molar-refractivity contribution in [2.24, 2.45) is 0 Å². The van der Waals surface area contributed by atoms with Gasteiger partial charge >= 0.3 is 0 Å². The average Bonchev–Trinajstić information content (AvgIpc) is 3.01. The number of benzene rings is 1. The molecule has 1 aromatic carbocycles. The van der Waals surface area contributed by atoms with Crippen LogP contribution in [0.2, 0.25) is 5.02 Å². The Labute approximate surface area is 144 Å². The van der Waals surface area contributed by atoms with Crippen LogP contribution in [0, 0.1) is 6.92 Å². The summed E-state index contributed by atoms with van der Waals surface area (Å²) in [6, 6.07) is 6.91. The van der Waals surface area contributed by atoms with Gasteiger partial charge in [-0.25, -0.2) is 8.42 Å². The molecule has 1 aliphatic rings. The molecule has 2 aromatic rings. The lowest BCUT2D eigenvalue weighted by atomic mass is 10.2. The number of sulfonamides is 1. The first-order valence-electron chi connectivity index (χ1n) is 7.29. The van der Waals surface area contributed by atoms with Crippen molar-refractivity contribution in [3.05, 3.63) is 52.0 Å². The minimum absolute atomic E-state index is 0.134. The number of hydrogen-bond acceptors (Lipinski definition) is 6. The van der Waals surface area contributed by atoms with E-state index in [4.69, 9.17) is 20.8 Å². The predicted octanol–water partition coefficient (Wildman–Crippen LogP) is 2.41. The van der Waals surface area contributed by atoms with Crippen molar-refractivity contribution in [2.75, 3.05) is 19.7 Å². The molecule has 0 bridgehead atoms. The van der Waals surface area contributed by atoms with Gasteiger partial charge in [0.15, 0.2) is 0 Å². The zero-order valence-electron chi connectivity index (χ0n) is 12.9. The van der Waals surface area contributed by atoms with Gasteiger partial charge in [-0.15, -0.1) is 10.2 Å². The molecule has 9 heteroatoms. The van der Waals surface area contributed by atoms with Gasteiger partial charge in [0.25, 0.3) is 0 Å². The number of ether oxygens (including phenoxy) is 1. The first-order valence-corrected chi connectivity index (χ1v) is 9.17. The van der Waals surface area contributed by atoms with Crippen LogP contribution >= 0.6 is 11.6 Å². The molecule has 0 amide bonds. The lowest BCUT2D eigenvalue weighted by Gasteiger charge is -2.29. The zero-order chi connectivity index (χ0) is 17.2. The van der Waals surface area contributed by atoms with Gasteiger partial charge in [0.05, 0.1) is 6.61 Å². The van der Waals surface area contributed by atoms with Crippen molar-refractivity contribution in [3.63, 3.8) is 0 Å². The zero-order valence-corrected chi connectivity index (χ0v) is 14.5. The molecule has 24 heavy (non-hydrogen) atoms. The Morgan fingerprint density at radius 2 is 2.04 bits per heavy atom. The molecule has 0 N–H and O–H groups in total. The monoisotopic (exact) mass is 369 g/mol. The second-order valence-electron chi connectivity index (χ2n) is 5.28. The van der Waals surface area contributed by atoms with Gasteiger partial charge in [0.1, 0.15) is 6.10 Å². The fourth-order valence-corrected chi connectivity index (χ4v) is 3.57. The topological polar surface area (TPSA) is 85.5 Å². The molecule has 1 aliphatic heterocycles. The van der Waals surface area contributed by atoms with Crippen LogP contribution in [0.25, 0.3) is 6.08 Å². The minimum atomic E-state index is -3.58. The molecule has 1 atom stereocenters. The molecule has 7 nitrogen and oxygen atoms in total. The maximum atomic E-state index is 12.5. The molecule has 1 aromatic heterocycles. The first-order chi connectivity index (χ1) is 11.4. The van der Waals surface area contributed by atoms with Gasteiger partial charge in [0, 0.05) is 30.4 Å². The molecule has 0 radical (unpaired) electrons. The normalized spacial score (nSPS) is 19.8. The van der Waals surface area contributed by atoms with Crippen LogP contribution in [0.1, 0.15) is 23.4 Å². The summed E-state index contributed by atoms with van der Waals surface area (Å²) in [4.78, 5) is 0. The molecule has 0 saturated carbocycles. The van der Waals surface area contributed by atoms with E-state index >= 15 is 0 Å². The molecule has 1 fully saturated rings. The van der Waals surface area contributed by atoms with Gasteiger partial charge in [-0.05, 0) is 23.8 Å². The molecule has 1 saturated heterocycles. The Morgan fingerprint density at radius 3 is 2.71 bits per heavy atom. The first kappa shape index (κ1) is 17.1. The standard InChI is InChI=1S/C15H16ClN3O4S/c1-11-17-18-15(23-11)14-10-19(7-8-22-14)24(20,21)9-6-12-2-4-13(16)5-3-12/h2-6,9,14H,7-8,10H2,1H3/b9-6+. The molecule has 3 rings (SSSR count). The van der Waals surface area contributed by atoms with Crippen LogP contribution in [0.5, 0.6) is 0 Å². The van der Waals surface area contributed by atoms with Crippen molar-refractivity contribution in [1.82, 2.24) is 14.5 Å². The number of hydrogen-bond donors (Lipinski definition) is 0. The average molecular weight is 370 g/mol. The molecular weight excluding hydrogens is 354 g/mol. The fraction of sp³-hybridized carbons (Fsp3) is 0.333. The molecule has 0 spiro atoms. The lowest BCUT2D eigenvalue weighted by molar-refractivity contribution is -0.0173. The highest BCUT2D eigenvalue weighted by Crippen LogP contribution is 2.23. The van der Waals surface area contributed by atoms with E-state index in [-0.39, 0.29) is 25.6 Å². The second kappa shape index (κ2) is 7.02. The van der Waals surface area contributed by atoms with Gasteiger partial charge in [-0.1, -0.05) is 23.7 Å². The number of aromatic nitrogens is 2. The second-order valence-corrected chi connectivity index (χ2v) is 7.53. The highest BCUT2D eigenvalue weighted by Gasteiger charge is 2.31. The third-order valence-electron chi connectivity index (χ3n) is 3.51. The Bertz CT molecular complexity index is 833. The molecular formula is C15H16ClN3O4S. The number of morpholine rings is 1. The Kier molecular flexibility index (Phi) is 5.00. The maximum absolute atomic E-state index is 12.5. The van der Waals surface area contributed by atoms with Crippen molar-refractivity contribution in [1.29, 1.82) is 0 Å². The van der Waals surface area contributed by atoms with Crippen LogP contribution in [-0.2, 0) is 14.8 Å². The smallest absolute Gasteiger partial charge is 0.246 e. The molecule has 128 valence electrons. The van der Waals surface area contributed by atoms with Crippen LogP contribution in [0.4, 0.5) is 0 Å². The number of aryl methyl sites for hydroxylation is 1. The van der Waals surface area contributed by atoms with Gasteiger partial charge in [0.2, 0.25) is 21.8 Å². The van der Waals surface area contributed by atoms with Crippen molar-refractivity contribution >= 4 is 27.7 Å². The molecule has 1 unspecified atom stereocenters. The van der Waals surface area contributed by atoms with Gasteiger partial charge < -0.3 is 9.15 Å². The highest BCUT2D eigenvalue weighted by atomic mass is 35.5. The van der Waals surface area contributed by atoms with Crippen LogP contribution < -0.4 is 0 Å². The quantitative estimate of drug-likeness (QED) is 0.822. The van der Waals surface area contributed by atoms with Gasteiger partial charge in [-0.3, -0.25) is 0 Å². The molecule has 0 aliphatic carbocycles. The summed E-state index contributed by atoms with van der Waals surface area (Å²) in [5, 5.41) is 9.41. The Balaban J connectivity index is 1.72. The number of nitrogens with zero attached hydrogens (tertiary/aromatic N) is 3. The molecule has 2 heterocycles. The largest absolute Gasteiger partial charge is 0.423 e. The highest BCUT2D eigenvalue weighted by molar-refractivity contribution is 7.92. The van der Waals surface area contributed by atoms with Gasteiger partial charge in [-0.2, -0.15) is 4.31 Å². The summed E-state index contributed by atoms with van der Waals surface area (Å²) in [7, 11) is -3.58. The third kappa shape index (κ3) is 4.02. The Morgan fingerprint density at radius 1 is 1.29 bits per heavy atom. The van der Waals surface area contributed by atoms with Crippen LogP contribution in [0.15, 0.2) is 34.1 Å². The fourth-order valence-electron chi connectivity index (χ4n) is 2.27. The van der Waals surface area contributed by atoms with E-state index in [1.165, 1.54) is 15.8 Å². The number of halogens is 1. The van der Waals surface area contributed by atoms with Crippen molar-refractivity contribution in [2.45, 2.75) is 13.0 Å². The maximum Gasteiger partial charge on any atom is 0.246 e. The summed E-state index contributed by atoms with van der Waals surface area (Å²) >= 11 is 5.82.